The van der Waals surface area contributed by atoms with Gasteiger partial charge >= 0.3 is 6.01 Å². The third kappa shape index (κ3) is 5.16. The fourth-order valence-corrected chi connectivity index (χ4v) is 7.94. The quantitative estimate of drug-likeness (QED) is 0.243. The molecule has 3 aliphatic heterocycles. The SMILES string of the molecule is CCc1cccc2cc(O)cc(-c3ccc4c(N5CC6CCC(C5)N6)nc(OCC5(CN6CCCCC6)CC5)nc4c3F)c12. The number of halogens is 1. The van der Waals surface area contributed by atoms with Crippen molar-refractivity contribution in [1.29, 1.82) is 0 Å². The van der Waals surface area contributed by atoms with Crippen LogP contribution in [0.1, 0.15) is 57.4 Å². The van der Waals surface area contributed by atoms with Crippen LogP contribution >= 0.6 is 0 Å². The van der Waals surface area contributed by atoms with Gasteiger partial charge in [-0.05, 0) is 98.1 Å². The first-order chi connectivity index (χ1) is 21.5. The molecule has 1 saturated carbocycles. The van der Waals surface area contributed by atoms with E-state index in [1.54, 1.807) is 12.1 Å². The molecule has 8 heteroatoms. The van der Waals surface area contributed by atoms with Gasteiger partial charge in [-0.3, -0.25) is 0 Å². The molecule has 4 fully saturated rings. The number of anilines is 1. The van der Waals surface area contributed by atoms with E-state index in [1.807, 2.05) is 24.3 Å². The fourth-order valence-electron chi connectivity index (χ4n) is 7.94. The van der Waals surface area contributed by atoms with E-state index < -0.39 is 5.82 Å². The Morgan fingerprint density at radius 2 is 1.80 bits per heavy atom. The van der Waals surface area contributed by atoms with Gasteiger partial charge in [-0.15, -0.1) is 0 Å². The van der Waals surface area contributed by atoms with Crippen LogP contribution < -0.4 is 15.0 Å². The van der Waals surface area contributed by atoms with Crippen molar-refractivity contribution in [2.75, 3.05) is 44.2 Å². The van der Waals surface area contributed by atoms with Crippen LogP contribution in [0.2, 0.25) is 0 Å². The highest BCUT2D eigenvalue weighted by atomic mass is 19.1. The average Bonchev–Trinajstić information content (AvgIpc) is 3.73. The highest BCUT2D eigenvalue weighted by Crippen LogP contribution is 2.47. The Hall–Kier alpha value is -3.49. The molecule has 4 aliphatic rings. The Morgan fingerprint density at radius 3 is 2.55 bits per heavy atom. The van der Waals surface area contributed by atoms with Crippen LogP contribution in [0.25, 0.3) is 32.8 Å². The van der Waals surface area contributed by atoms with Crippen LogP contribution in [0.5, 0.6) is 11.8 Å². The number of phenols is 1. The molecular weight excluding hydrogens is 553 g/mol. The lowest BCUT2D eigenvalue weighted by Crippen LogP contribution is -2.51. The molecular formula is C36H42FN5O2. The zero-order chi connectivity index (χ0) is 29.8. The molecule has 0 radical (unpaired) electrons. The molecule has 1 aromatic heterocycles. The zero-order valence-electron chi connectivity index (χ0n) is 25.6. The minimum atomic E-state index is -0.402. The number of likely N-dealkylation sites (tertiary alicyclic amines) is 1. The van der Waals surface area contributed by atoms with Crippen molar-refractivity contribution < 1.29 is 14.2 Å². The van der Waals surface area contributed by atoms with Crippen molar-refractivity contribution in [1.82, 2.24) is 20.2 Å². The maximum atomic E-state index is 16.9. The lowest BCUT2D eigenvalue weighted by molar-refractivity contribution is 0.139. The van der Waals surface area contributed by atoms with E-state index in [1.165, 1.54) is 32.4 Å². The first kappa shape index (κ1) is 28.0. The fraction of sp³-hybridized carbons (Fsp3) is 0.500. The summed E-state index contributed by atoms with van der Waals surface area (Å²) >= 11 is 0. The summed E-state index contributed by atoms with van der Waals surface area (Å²) in [4.78, 5) is 14.6. The monoisotopic (exact) mass is 595 g/mol. The summed E-state index contributed by atoms with van der Waals surface area (Å²) in [6.45, 7) is 7.71. The summed E-state index contributed by atoms with van der Waals surface area (Å²) in [5.74, 6) is 0.471. The summed E-state index contributed by atoms with van der Waals surface area (Å²) in [5.41, 5.74) is 2.64. The maximum absolute atomic E-state index is 16.9. The number of benzene rings is 3. The van der Waals surface area contributed by atoms with Gasteiger partial charge in [-0.25, -0.2) is 4.39 Å². The number of fused-ring (bicyclic) bond motifs is 4. The number of nitrogens with zero attached hydrogens (tertiary/aromatic N) is 4. The van der Waals surface area contributed by atoms with E-state index >= 15 is 4.39 Å². The van der Waals surface area contributed by atoms with Gasteiger partial charge in [0.25, 0.3) is 0 Å². The molecule has 4 aromatic rings. The van der Waals surface area contributed by atoms with Crippen molar-refractivity contribution in [2.45, 2.75) is 70.4 Å². The first-order valence-corrected chi connectivity index (χ1v) is 16.6. The zero-order valence-corrected chi connectivity index (χ0v) is 25.6. The third-order valence-corrected chi connectivity index (χ3v) is 10.5. The van der Waals surface area contributed by atoms with E-state index in [0.29, 0.717) is 35.2 Å². The van der Waals surface area contributed by atoms with E-state index in [4.69, 9.17) is 14.7 Å². The lowest BCUT2D eigenvalue weighted by atomic mass is 9.92. The Labute approximate surface area is 258 Å². The molecule has 3 saturated heterocycles. The number of rotatable bonds is 8. The minimum Gasteiger partial charge on any atom is -0.508 e. The molecule has 2 bridgehead atoms. The van der Waals surface area contributed by atoms with E-state index in [0.717, 1.165) is 73.9 Å². The highest BCUT2D eigenvalue weighted by molar-refractivity contribution is 6.03. The van der Waals surface area contributed by atoms with Crippen LogP contribution in [-0.2, 0) is 6.42 Å². The number of hydrogen-bond donors (Lipinski definition) is 2. The standard InChI is InChI=1S/C36H42FN5O2/c1-2-23-7-6-8-24-17-27(43)18-30(31(23)24)28-11-12-29-33(32(28)37)39-35(40-34(29)42-19-25-9-10-26(20-42)38-25)44-22-36(13-14-36)21-41-15-4-3-5-16-41/h6-8,11-12,17-18,25-26,38,43H,2-5,9-10,13-16,19-22H2,1H3. The van der Waals surface area contributed by atoms with Crippen LogP contribution in [0.15, 0.2) is 42.5 Å². The molecule has 8 rings (SSSR count). The van der Waals surface area contributed by atoms with Gasteiger partial charge in [0.1, 0.15) is 17.1 Å². The van der Waals surface area contributed by atoms with Gasteiger partial charge in [-0.1, -0.05) is 37.6 Å². The van der Waals surface area contributed by atoms with Crippen LogP contribution in [0.3, 0.4) is 0 Å². The second-order valence-electron chi connectivity index (χ2n) is 13.7. The maximum Gasteiger partial charge on any atom is 0.319 e. The number of ether oxygens (including phenoxy) is 1. The van der Waals surface area contributed by atoms with Crippen molar-refractivity contribution in [3.8, 4) is 22.9 Å². The molecule has 2 atom stereocenters. The molecule has 1 aliphatic carbocycles. The average molecular weight is 596 g/mol. The largest absolute Gasteiger partial charge is 0.508 e. The number of piperazine rings is 1. The number of aryl methyl sites for hydroxylation is 1. The molecule has 0 spiro atoms. The first-order valence-electron chi connectivity index (χ1n) is 16.6. The molecule has 2 unspecified atom stereocenters. The second-order valence-corrected chi connectivity index (χ2v) is 13.7. The Balaban J connectivity index is 1.21. The summed E-state index contributed by atoms with van der Waals surface area (Å²) in [5, 5.41) is 16.9. The Morgan fingerprint density at radius 1 is 1.00 bits per heavy atom. The molecule has 0 amide bonds. The molecule has 4 heterocycles. The number of aromatic nitrogens is 2. The molecule has 230 valence electrons. The van der Waals surface area contributed by atoms with Crippen molar-refractivity contribution in [3.63, 3.8) is 0 Å². The molecule has 3 aromatic carbocycles. The van der Waals surface area contributed by atoms with Gasteiger partial charge in [0.15, 0.2) is 5.82 Å². The highest BCUT2D eigenvalue weighted by Gasteiger charge is 2.45. The number of hydrogen-bond acceptors (Lipinski definition) is 7. The van der Waals surface area contributed by atoms with Crippen molar-refractivity contribution in [2.24, 2.45) is 5.41 Å². The molecule has 2 N–H and O–H groups in total. The smallest absolute Gasteiger partial charge is 0.319 e. The predicted molar refractivity (Wildman–Crippen MR) is 173 cm³/mol. The Kier molecular flexibility index (Phi) is 7.10. The van der Waals surface area contributed by atoms with Gasteiger partial charge in [0.2, 0.25) is 0 Å². The van der Waals surface area contributed by atoms with E-state index in [-0.39, 0.29) is 22.7 Å². The van der Waals surface area contributed by atoms with Crippen LogP contribution in [-0.4, -0.2) is 71.4 Å². The Bertz CT molecular complexity index is 1700. The second kappa shape index (κ2) is 11.1. The van der Waals surface area contributed by atoms with Gasteiger partial charge in [0, 0.05) is 48.1 Å². The van der Waals surface area contributed by atoms with Crippen LogP contribution in [0, 0.1) is 11.2 Å². The molecule has 44 heavy (non-hydrogen) atoms. The van der Waals surface area contributed by atoms with Crippen molar-refractivity contribution >= 4 is 27.5 Å². The summed E-state index contributed by atoms with van der Waals surface area (Å²) in [7, 11) is 0. The molecule has 7 nitrogen and oxygen atoms in total. The van der Waals surface area contributed by atoms with Crippen molar-refractivity contribution in [3.05, 3.63) is 53.8 Å². The number of nitrogens with one attached hydrogen (secondary N) is 1. The summed E-state index contributed by atoms with van der Waals surface area (Å²) in [6, 6.07) is 14.3. The summed E-state index contributed by atoms with van der Waals surface area (Å²) in [6.07, 6.45) is 9.27. The normalized spacial score (nSPS) is 23.0. The summed E-state index contributed by atoms with van der Waals surface area (Å²) < 4.78 is 23.3. The number of piperidine rings is 1. The van der Waals surface area contributed by atoms with Gasteiger partial charge < -0.3 is 25.0 Å². The third-order valence-electron chi connectivity index (χ3n) is 10.5. The predicted octanol–water partition coefficient (Wildman–Crippen LogP) is 6.44. The van der Waals surface area contributed by atoms with Gasteiger partial charge in [0.05, 0.1) is 6.61 Å². The van der Waals surface area contributed by atoms with Crippen LogP contribution in [0.4, 0.5) is 10.2 Å². The topological polar surface area (TPSA) is 73.8 Å². The van der Waals surface area contributed by atoms with Gasteiger partial charge in [-0.2, -0.15) is 9.97 Å². The number of aromatic hydroxyl groups is 1. The van der Waals surface area contributed by atoms with E-state index in [9.17, 15) is 5.11 Å². The number of phenolic OH excluding ortho intramolecular Hbond substituents is 1. The minimum absolute atomic E-state index is 0.118. The van der Waals surface area contributed by atoms with E-state index in [2.05, 4.69) is 28.1 Å². The lowest BCUT2D eigenvalue weighted by Gasteiger charge is -2.34.